The minimum absolute atomic E-state index is 0.0745. The van der Waals surface area contributed by atoms with Gasteiger partial charge in [-0.25, -0.2) is 4.79 Å². The predicted octanol–water partition coefficient (Wildman–Crippen LogP) is 4.31. The molecule has 1 saturated heterocycles. The van der Waals surface area contributed by atoms with Gasteiger partial charge in [-0.2, -0.15) is 4.90 Å². The zero-order chi connectivity index (χ0) is 33.2. The summed E-state index contributed by atoms with van der Waals surface area (Å²) >= 11 is 0. The summed E-state index contributed by atoms with van der Waals surface area (Å²) in [7, 11) is 2.79. The van der Waals surface area contributed by atoms with Crippen molar-refractivity contribution < 1.29 is 38.6 Å². The number of allylic oxidation sites excluding steroid dienone is 4. The van der Waals surface area contributed by atoms with Gasteiger partial charge in [-0.15, -0.1) is 0 Å². The Bertz CT molecular complexity index is 1890. The number of benzene rings is 3. The number of likely N-dealkylation sites (tertiary alicyclic amines) is 1. The van der Waals surface area contributed by atoms with Crippen LogP contribution in [-0.4, -0.2) is 53.6 Å². The molecule has 7 rings (SSSR count). The van der Waals surface area contributed by atoms with Gasteiger partial charge in [0.1, 0.15) is 0 Å². The number of phenols is 1. The number of imide groups is 3. The number of aromatic hydroxyl groups is 1. The molecule has 4 amide bonds. The number of carbonyl (C=O) groups excluding carboxylic acids is 5. The van der Waals surface area contributed by atoms with Crippen molar-refractivity contribution in [2.75, 3.05) is 14.2 Å². The second-order valence-corrected chi connectivity index (χ2v) is 12.4. The lowest BCUT2D eigenvalue weighted by molar-refractivity contribution is -0.137. The lowest BCUT2D eigenvalue weighted by Gasteiger charge is -2.55. The van der Waals surface area contributed by atoms with Crippen LogP contribution in [0.4, 0.5) is 4.79 Å². The van der Waals surface area contributed by atoms with Gasteiger partial charge in [-0.05, 0) is 53.7 Å². The highest BCUT2D eigenvalue weighted by molar-refractivity contribution is 6.31. The van der Waals surface area contributed by atoms with E-state index in [0.717, 1.165) is 0 Å². The van der Waals surface area contributed by atoms with Crippen LogP contribution in [0.25, 0.3) is 5.57 Å². The molecular weight excluding hydrogens is 600 g/mol. The number of fused-ring (bicyclic) bond motifs is 4. The number of carbonyl (C=O) groups is 5. The van der Waals surface area contributed by atoms with Crippen LogP contribution >= 0.6 is 0 Å². The van der Waals surface area contributed by atoms with E-state index in [1.165, 1.54) is 20.3 Å². The molecule has 3 N–H and O–H groups in total. The standard InChI is InChI=1S/C37H32N2O8/c1-46-27-15-20(16-28(47-2)33(27)42)31-22-13-14-23-30(35(44)39(34(23)43)36(38)45)25(22)17-26-32(41)24(19-9-5-3-6-10-19)18-29(40)37(26,31)21-11-7-4-8-12-21/h3-13,15-16,18,23,25-26,30-31,42H,14,17H2,1-2H3,(H2,38,45). The van der Waals surface area contributed by atoms with E-state index in [0.29, 0.717) is 27.2 Å². The van der Waals surface area contributed by atoms with Crippen LogP contribution in [-0.2, 0) is 24.6 Å². The fraction of sp³-hybridized carbons (Fsp3) is 0.270. The van der Waals surface area contributed by atoms with Crippen LogP contribution in [0.5, 0.6) is 17.2 Å². The molecule has 3 aromatic rings. The van der Waals surface area contributed by atoms with Crippen LogP contribution in [0.2, 0.25) is 0 Å². The first kappa shape index (κ1) is 30.2. The average molecular weight is 633 g/mol. The number of primary amides is 1. The topological polar surface area (TPSA) is 153 Å². The molecule has 1 heterocycles. The summed E-state index contributed by atoms with van der Waals surface area (Å²) in [5.74, 6) is -6.28. The second kappa shape index (κ2) is 11.1. The molecule has 1 saturated carbocycles. The van der Waals surface area contributed by atoms with Crippen molar-refractivity contribution in [3.8, 4) is 17.2 Å². The first-order valence-corrected chi connectivity index (χ1v) is 15.4. The van der Waals surface area contributed by atoms with E-state index in [-0.39, 0.29) is 47.2 Å². The summed E-state index contributed by atoms with van der Waals surface area (Å²) in [6, 6.07) is 20.1. The maximum Gasteiger partial charge on any atom is 0.328 e. The summed E-state index contributed by atoms with van der Waals surface area (Å²) in [6.45, 7) is 0. The van der Waals surface area contributed by atoms with Gasteiger partial charge in [0.05, 0.1) is 31.5 Å². The number of rotatable bonds is 5. The van der Waals surface area contributed by atoms with Crippen molar-refractivity contribution in [1.29, 1.82) is 0 Å². The van der Waals surface area contributed by atoms with E-state index in [1.807, 2.05) is 42.5 Å². The SMILES string of the molecule is COc1cc(C2C3=CCC4C(=O)N(C(N)=O)C(=O)C4C3CC3C(=O)C(c4ccccc4)=CC(=O)C32c2ccccc2)cc(OC)c1O. The lowest BCUT2D eigenvalue weighted by atomic mass is 9.44. The van der Waals surface area contributed by atoms with Gasteiger partial charge in [-0.1, -0.05) is 72.3 Å². The number of urea groups is 1. The van der Waals surface area contributed by atoms with Crippen LogP contribution < -0.4 is 15.2 Å². The summed E-state index contributed by atoms with van der Waals surface area (Å²) in [5.41, 5.74) is 6.68. The molecule has 0 spiro atoms. The van der Waals surface area contributed by atoms with E-state index >= 15 is 4.79 Å². The average Bonchev–Trinajstić information content (AvgIpc) is 3.35. The number of phenolic OH excluding ortho intramolecular Hbond substituents is 1. The fourth-order valence-corrected chi connectivity index (χ4v) is 8.55. The Morgan fingerprint density at radius 2 is 1.51 bits per heavy atom. The highest BCUT2D eigenvalue weighted by Crippen LogP contribution is 2.64. The minimum Gasteiger partial charge on any atom is -0.502 e. The highest BCUT2D eigenvalue weighted by Gasteiger charge is 2.66. The van der Waals surface area contributed by atoms with E-state index in [4.69, 9.17) is 15.2 Å². The van der Waals surface area contributed by atoms with Gasteiger partial charge >= 0.3 is 6.03 Å². The predicted molar refractivity (Wildman–Crippen MR) is 169 cm³/mol. The fourth-order valence-electron chi connectivity index (χ4n) is 8.55. The third-order valence-corrected chi connectivity index (χ3v) is 10.4. The summed E-state index contributed by atoms with van der Waals surface area (Å²) in [4.78, 5) is 69.9. The van der Waals surface area contributed by atoms with Crippen LogP contribution in [0.1, 0.15) is 35.4 Å². The van der Waals surface area contributed by atoms with Gasteiger partial charge in [0.25, 0.3) is 0 Å². The number of amides is 4. The molecule has 47 heavy (non-hydrogen) atoms. The van der Waals surface area contributed by atoms with Gasteiger partial charge in [0.2, 0.25) is 17.6 Å². The maximum atomic E-state index is 15.0. The van der Waals surface area contributed by atoms with E-state index in [2.05, 4.69) is 0 Å². The number of nitrogens with zero attached hydrogens (tertiary/aromatic N) is 1. The number of Topliss-reactive ketones (excluding diaryl/α,β-unsaturated/α-hetero) is 1. The molecule has 2 fully saturated rings. The number of hydrogen-bond acceptors (Lipinski definition) is 8. The summed E-state index contributed by atoms with van der Waals surface area (Å²) < 4.78 is 11.0. The summed E-state index contributed by atoms with van der Waals surface area (Å²) in [6.07, 6.45) is 3.50. The molecule has 10 nitrogen and oxygen atoms in total. The normalized spacial score (nSPS) is 28.1. The van der Waals surface area contributed by atoms with E-state index in [9.17, 15) is 24.3 Å². The minimum atomic E-state index is -1.48. The van der Waals surface area contributed by atoms with Crippen molar-refractivity contribution in [3.63, 3.8) is 0 Å². The lowest BCUT2D eigenvalue weighted by Crippen LogP contribution is -2.58. The highest BCUT2D eigenvalue weighted by atomic mass is 16.5. The second-order valence-electron chi connectivity index (χ2n) is 12.4. The molecule has 0 radical (unpaired) electrons. The molecule has 6 atom stereocenters. The zero-order valence-electron chi connectivity index (χ0n) is 25.7. The van der Waals surface area contributed by atoms with Crippen LogP contribution in [0.3, 0.4) is 0 Å². The number of methoxy groups -OCH3 is 2. The van der Waals surface area contributed by atoms with Crippen molar-refractivity contribution in [2.24, 2.45) is 29.4 Å². The smallest absolute Gasteiger partial charge is 0.328 e. The Morgan fingerprint density at radius 1 is 0.894 bits per heavy atom. The van der Waals surface area contributed by atoms with Gasteiger partial charge in [-0.3, -0.25) is 19.2 Å². The van der Waals surface area contributed by atoms with Gasteiger partial charge < -0.3 is 20.3 Å². The summed E-state index contributed by atoms with van der Waals surface area (Å²) in [5, 5.41) is 10.9. The van der Waals surface area contributed by atoms with E-state index < -0.39 is 52.8 Å². The zero-order valence-corrected chi connectivity index (χ0v) is 25.7. The van der Waals surface area contributed by atoms with Gasteiger partial charge in [0, 0.05) is 17.4 Å². The molecule has 0 aromatic heterocycles. The maximum absolute atomic E-state index is 15.0. The van der Waals surface area contributed by atoms with Crippen LogP contribution in [0, 0.1) is 23.7 Å². The molecular formula is C37H32N2O8. The molecule has 0 bridgehead atoms. The van der Waals surface area contributed by atoms with Crippen LogP contribution in [0.15, 0.2) is 90.5 Å². The Labute approximate surface area is 270 Å². The quantitative estimate of drug-likeness (QED) is 0.312. The Morgan fingerprint density at radius 3 is 2.11 bits per heavy atom. The van der Waals surface area contributed by atoms with Crippen molar-refractivity contribution in [1.82, 2.24) is 4.90 Å². The third kappa shape index (κ3) is 4.20. The Kier molecular flexibility index (Phi) is 7.11. The number of ether oxygens (including phenoxy) is 2. The molecule has 10 heteroatoms. The Balaban J connectivity index is 1.54. The van der Waals surface area contributed by atoms with Crippen molar-refractivity contribution >= 4 is 35.0 Å². The van der Waals surface area contributed by atoms with Gasteiger partial charge in [0.15, 0.2) is 23.1 Å². The molecule has 3 aliphatic carbocycles. The molecule has 4 aliphatic rings. The van der Waals surface area contributed by atoms with Crippen molar-refractivity contribution in [3.05, 3.63) is 107 Å². The largest absolute Gasteiger partial charge is 0.502 e. The molecule has 238 valence electrons. The first-order chi connectivity index (χ1) is 22.6. The Hall–Kier alpha value is -5.51. The van der Waals surface area contributed by atoms with E-state index in [1.54, 1.807) is 36.4 Å². The molecule has 3 aromatic carbocycles. The number of hydrogen-bond donors (Lipinski definition) is 2. The number of nitrogens with two attached hydrogens (primary N) is 1. The van der Waals surface area contributed by atoms with Crippen molar-refractivity contribution in [2.45, 2.75) is 24.2 Å². The third-order valence-electron chi connectivity index (χ3n) is 10.4. The monoisotopic (exact) mass is 632 g/mol. The first-order valence-electron chi connectivity index (χ1n) is 15.4. The molecule has 6 unspecified atom stereocenters. The molecule has 1 aliphatic heterocycles. The number of ketones is 2.